The van der Waals surface area contributed by atoms with Crippen molar-refractivity contribution < 1.29 is 19.6 Å². The molecule has 1 aromatic carbocycles. The van der Waals surface area contributed by atoms with Gasteiger partial charge < -0.3 is 19.3 Å². The zero-order valence-electron chi connectivity index (χ0n) is 20.8. The van der Waals surface area contributed by atoms with E-state index >= 15 is 0 Å². The maximum atomic E-state index is 13.3. The molecule has 1 unspecified atom stereocenters. The van der Waals surface area contributed by atoms with E-state index in [9.17, 15) is 24.8 Å². The smallest absolute Gasteiger partial charge is 0.295 e. The number of rotatable bonds is 8. The van der Waals surface area contributed by atoms with Crippen LogP contribution in [0.1, 0.15) is 42.4 Å². The van der Waals surface area contributed by atoms with Crippen molar-refractivity contribution in [1.29, 1.82) is 0 Å². The first-order valence-corrected chi connectivity index (χ1v) is 11.9. The summed E-state index contributed by atoms with van der Waals surface area (Å²) in [5, 5.41) is 22.6. The molecule has 0 spiro atoms. The summed E-state index contributed by atoms with van der Waals surface area (Å²) in [6.45, 7) is 10.1. The number of aliphatic hydroxyl groups is 1. The summed E-state index contributed by atoms with van der Waals surface area (Å²) in [6, 6.07) is 8.57. The van der Waals surface area contributed by atoms with Crippen molar-refractivity contribution in [2.24, 2.45) is 0 Å². The first-order chi connectivity index (χ1) is 17.2. The third kappa shape index (κ3) is 4.24. The minimum absolute atomic E-state index is 0.0717. The highest BCUT2D eigenvalue weighted by Gasteiger charge is 2.46. The maximum Gasteiger partial charge on any atom is 0.295 e. The maximum absolute atomic E-state index is 13.3. The Morgan fingerprint density at radius 1 is 1.14 bits per heavy atom. The third-order valence-electron chi connectivity index (χ3n) is 6.82. The minimum Gasteiger partial charge on any atom is -0.505 e. The Bertz CT molecular complexity index is 1370. The quantitative estimate of drug-likeness (QED) is 0.168. The highest BCUT2D eigenvalue weighted by atomic mass is 16.6. The van der Waals surface area contributed by atoms with Crippen LogP contribution < -0.4 is 0 Å². The number of likely N-dealkylation sites (N-methyl/N-ethyl adjacent to an activating group) is 1. The summed E-state index contributed by atoms with van der Waals surface area (Å²) in [7, 11) is 0. The first-order valence-electron chi connectivity index (χ1n) is 11.9. The summed E-state index contributed by atoms with van der Waals surface area (Å²) in [5.41, 5.74) is 2.70. The molecule has 0 aliphatic carbocycles. The van der Waals surface area contributed by atoms with E-state index in [1.54, 1.807) is 6.92 Å². The lowest BCUT2D eigenvalue weighted by atomic mass is 9.96. The number of pyridine rings is 1. The second kappa shape index (κ2) is 9.90. The topological polar surface area (TPSA) is 121 Å². The second-order valence-corrected chi connectivity index (χ2v) is 8.80. The summed E-state index contributed by atoms with van der Waals surface area (Å²) in [5.74, 6) is -1.88. The average molecular weight is 492 g/mol. The van der Waals surface area contributed by atoms with Gasteiger partial charge in [0.2, 0.25) is 0 Å². The van der Waals surface area contributed by atoms with E-state index < -0.39 is 22.7 Å². The number of ketones is 1. The average Bonchev–Trinajstić information content (AvgIpc) is 3.34. The van der Waals surface area contributed by atoms with E-state index in [1.807, 2.05) is 43.5 Å². The SMILES string of the molecule is CCN(CC)CCN1C(=O)C(=O)C(=C(O)c2nc3c(C)cccn3c2C)C1c1ccc([N+](=O)[O-])cc1. The van der Waals surface area contributed by atoms with Crippen LogP contribution in [0.2, 0.25) is 0 Å². The van der Waals surface area contributed by atoms with E-state index in [2.05, 4.69) is 9.88 Å². The molecule has 36 heavy (non-hydrogen) atoms. The van der Waals surface area contributed by atoms with Crippen LogP contribution in [0.25, 0.3) is 11.4 Å². The van der Waals surface area contributed by atoms with Crippen molar-refractivity contribution >= 4 is 28.8 Å². The molecule has 0 saturated carbocycles. The number of aliphatic hydroxyl groups excluding tert-OH is 1. The van der Waals surface area contributed by atoms with E-state index in [1.165, 1.54) is 29.2 Å². The van der Waals surface area contributed by atoms with Gasteiger partial charge in [0.1, 0.15) is 11.3 Å². The highest BCUT2D eigenvalue weighted by Crippen LogP contribution is 2.40. The molecule has 3 heterocycles. The van der Waals surface area contributed by atoms with Crippen molar-refractivity contribution in [1.82, 2.24) is 19.2 Å². The number of carbonyl (C=O) groups excluding carboxylic acids is 2. The van der Waals surface area contributed by atoms with Crippen LogP contribution in [0.5, 0.6) is 0 Å². The van der Waals surface area contributed by atoms with Gasteiger partial charge in [-0.15, -0.1) is 0 Å². The molecule has 2 aromatic heterocycles. The van der Waals surface area contributed by atoms with Crippen molar-refractivity contribution in [2.45, 2.75) is 33.7 Å². The highest BCUT2D eigenvalue weighted by molar-refractivity contribution is 6.46. The Balaban J connectivity index is 1.87. The van der Waals surface area contributed by atoms with Gasteiger partial charge in [-0.2, -0.15) is 0 Å². The van der Waals surface area contributed by atoms with Crippen LogP contribution >= 0.6 is 0 Å². The molecule has 188 valence electrons. The van der Waals surface area contributed by atoms with Crippen LogP contribution in [0.15, 0.2) is 48.2 Å². The number of nitro benzene ring substituents is 1. The predicted molar refractivity (Wildman–Crippen MR) is 135 cm³/mol. The minimum atomic E-state index is -0.897. The second-order valence-electron chi connectivity index (χ2n) is 8.80. The summed E-state index contributed by atoms with van der Waals surface area (Å²) in [4.78, 5) is 45.3. The number of fused-ring (bicyclic) bond motifs is 1. The van der Waals surface area contributed by atoms with Gasteiger partial charge in [-0.25, -0.2) is 4.98 Å². The van der Waals surface area contributed by atoms with Gasteiger partial charge in [0.15, 0.2) is 5.76 Å². The number of hydrogen-bond acceptors (Lipinski definition) is 7. The predicted octanol–water partition coefficient (Wildman–Crippen LogP) is 3.62. The number of non-ortho nitro benzene ring substituents is 1. The van der Waals surface area contributed by atoms with Gasteiger partial charge in [0, 0.05) is 31.4 Å². The molecule has 0 bridgehead atoms. The molecule has 1 saturated heterocycles. The monoisotopic (exact) mass is 491 g/mol. The van der Waals surface area contributed by atoms with E-state index in [-0.39, 0.29) is 29.3 Å². The molecule has 3 aromatic rings. The number of amides is 1. The van der Waals surface area contributed by atoms with Crippen LogP contribution in [0, 0.1) is 24.0 Å². The Hall–Kier alpha value is -4.05. The molecule has 1 amide bonds. The third-order valence-corrected chi connectivity index (χ3v) is 6.82. The number of nitrogens with zero attached hydrogens (tertiary/aromatic N) is 5. The summed E-state index contributed by atoms with van der Waals surface area (Å²) < 4.78 is 1.82. The lowest BCUT2D eigenvalue weighted by Gasteiger charge is -2.28. The molecule has 1 atom stereocenters. The number of hydrogen-bond donors (Lipinski definition) is 1. The normalized spacial score (nSPS) is 17.5. The number of benzene rings is 1. The summed E-state index contributed by atoms with van der Waals surface area (Å²) >= 11 is 0. The fourth-order valence-electron chi connectivity index (χ4n) is 4.70. The number of aryl methyl sites for hydroxylation is 2. The molecule has 1 fully saturated rings. The van der Waals surface area contributed by atoms with Gasteiger partial charge in [-0.3, -0.25) is 19.7 Å². The van der Waals surface area contributed by atoms with Gasteiger partial charge in [-0.05, 0) is 56.3 Å². The zero-order chi connectivity index (χ0) is 26.1. The Morgan fingerprint density at radius 2 is 1.81 bits per heavy atom. The Morgan fingerprint density at radius 3 is 2.39 bits per heavy atom. The number of imidazole rings is 1. The number of carbonyl (C=O) groups is 2. The number of Topliss-reactive ketones (excluding diaryl/α,β-unsaturated/α-hetero) is 1. The van der Waals surface area contributed by atoms with Crippen LogP contribution in [-0.2, 0) is 9.59 Å². The van der Waals surface area contributed by atoms with Crippen LogP contribution in [0.3, 0.4) is 0 Å². The lowest BCUT2D eigenvalue weighted by Crippen LogP contribution is -2.38. The van der Waals surface area contributed by atoms with Crippen LogP contribution in [0.4, 0.5) is 5.69 Å². The van der Waals surface area contributed by atoms with E-state index in [0.717, 1.165) is 18.7 Å². The Labute approximate surface area is 208 Å². The van der Waals surface area contributed by atoms with Crippen molar-refractivity contribution in [3.63, 3.8) is 0 Å². The molecule has 1 N–H and O–H groups in total. The number of aromatic nitrogens is 2. The van der Waals surface area contributed by atoms with Gasteiger partial charge in [0.05, 0.1) is 22.2 Å². The van der Waals surface area contributed by atoms with Crippen molar-refractivity contribution in [3.8, 4) is 0 Å². The molecular formula is C26H29N5O5. The van der Waals surface area contributed by atoms with E-state index in [4.69, 9.17) is 0 Å². The first kappa shape index (κ1) is 25.1. The molecule has 1 aliphatic rings. The molecule has 10 heteroatoms. The Kier molecular flexibility index (Phi) is 6.89. The molecule has 10 nitrogen and oxygen atoms in total. The fraction of sp³-hybridized carbons (Fsp3) is 0.346. The van der Waals surface area contributed by atoms with Crippen molar-refractivity contribution in [2.75, 3.05) is 26.2 Å². The lowest BCUT2D eigenvalue weighted by molar-refractivity contribution is -0.384. The summed E-state index contributed by atoms with van der Waals surface area (Å²) in [6.07, 6.45) is 1.82. The molecule has 4 rings (SSSR count). The standard InChI is InChI=1S/C26H29N5O5/c1-5-28(6-2)14-15-30-22(18-9-11-19(12-10-18)31(35)36)20(24(33)26(30)34)23(32)21-17(4)29-13-7-8-16(3)25(29)27-21/h7-13,22,32H,5-6,14-15H2,1-4H3. The van der Waals surface area contributed by atoms with Crippen molar-refractivity contribution in [3.05, 3.63) is 80.8 Å². The molecule has 0 radical (unpaired) electrons. The van der Waals surface area contributed by atoms with Gasteiger partial charge in [0.25, 0.3) is 17.4 Å². The number of likely N-dealkylation sites (tertiary alicyclic amines) is 1. The fourth-order valence-corrected chi connectivity index (χ4v) is 4.70. The number of nitro groups is 1. The molecule has 1 aliphatic heterocycles. The van der Waals surface area contributed by atoms with Gasteiger partial charge in [-0.1, -0.05) is 19.9 Å². The zero-order valence-corrected chi connectivity index (χ0v) is 20.8. The van der Waals surface area contributed by atoms with Crippen LogP contribution in [-0.4, -0.2) is 67.1 Å². The van der Waals surface area contributed by atoms with Gasteiger partial charge >= 0.3 is 0 Å². The molecular weight excluding hydrogens is 462 g/mol. The van der Waals surface area contributed by atoms with E-state index in [0.29, 0.717) is 23.4 Å². The largest absolute Gasteiger partial charge is 0.505 e.